The van der Waals surface area contributed by atoms with Crippen LogP contribution in [0.2, 0.25) is 0 Å². The van der Waals surface area contributed by atoms with E-state index in [1.54, 1.807) is 7.11 Å². The topological polar surface area (TPSA) is 45.5 Å². The van der Waals surface area contributed by atoms with Gasteiger partial charge in [0, 0.05) is 6.42 Å². The molecule has 0 aromatic heterocycles. The van der Waals surface area contributed by atoms with Crippen molar-refractivity contribution in [1.29, 1.82) is 5.26 Å². The van der Waals surface area contributed by atoms with Crippen LogP contribution >= 0.6 is 0 Å². The fourth-order valence-electron chi connectivity index (χ4n) is 3.72. The Bertz CT molecular complexity index is 580. The van der Waals surface area contributed by atoms with E-state index < -0.39 is 5.54 Å². The van der Waals surface area contributed by atoms with Gasteiger partial charge in [0.05, 0.1) is 31.6 Å². The number of nitriles is 1. The maximum atomic E-state index is 9.95. The highest BCUT2D eigenvalue weighted by molar-refractivity contribution is 5.25. The van der Waals surface area contributed by atoms with Gasteiger partial charge in [-0.05, 0) is 24.8 Å². The molecule has 116 valence electrons. The average molecular weight is 298 g/mol. The summed E-state index contributed by atoms with van der Waals surface area (Å²) in [6.07, 6.45) is 3.35. The summed E-state index contributed by atoms with van der Waals surface area (Å²) in [5.74, 6) is 0.654. The molecular formula is C18H22N2O2. The molecule has 1 aromatic rings. The zero-order valence-electron chi connectivity index (χ0n) is 13.0. The van der Waals surface area contributed by atoms with Gasteiger partial charge in [-0.25, -0.2) is 4.90 Å². The molecule has 0 radical (unpaired) electrons. The molecular weight excluding hydrogens is 276 g/mol. The number of benzene rings is 1. The van der Waals surface area contributed by atoms with Gasteiger partial charge < -0.3 is 9.47 Å². The van der Waals surface area contributed by atoms with Crippen LogP contribution in [0.4, 0.5) is 0 Å². The van der Waals surface area contributed by atoms with Crippen LogP contribution in [-0.4, -0.2) is 30.4 Å². The first-order chi connectivity index (χ1) is 10.7. The highest BCUT2D eigenvalue weighted by atomic mass is 16.5. The predicted molar refractivity (Wildman–Crippen MR) is 83.7 cm³/mol. The van der Waals surface area contributed by atoms with E-state index in [4.69, 9.17) is 9.47 Å². The Kier molecular flexibility index (Phi) is 4.19. The van der Waals surface area contributed by atoms with Crippen molar-refractivity contribution in [1.82, 2.24) is 4.90 Å². The predicted octanol–water partition coefficient (Wildman–Crippen LogP) is 3.38. The first-order valence-electron chi connectivity index (χ1n) is 7.78. The van der Waals surface area contributed by atoms with Crippen molar-refractivity contribution in [2.75, 3.05) is 13.7 Å². The molecule has 4 nitrogen and oxygen atoms in total. The lowest BCUT2D eigenvalue weighted by atomic mass is 9.82. The summed E-state index contributed by atoms with van der Waals surface area (Å²) in [6, 6.07) is 13.0. The summed E-state index contributed by atoms with van der Waals surface area (Å²) in [7, 11) is 1.61. The number of piperidine rings is 1. The van der Waals surface area contributed by atoms with Gasteiger partial charge in [0.25, 0.3) is 0 Å². The van der Waals surface area contributed by atoms with Crippen molar-refractivity contribution in [3.8, 4) is 6.07 Å². The van der Waals surface area contributed by atoms with Crippen molar-refractivity contribution in [3.63, 3.8) is 0 Å². The number of hydrogen-bond donors (Lipinski definition) is 0. The quantitative estimate of drug-likeness (QED) is 0.799. The van der Waals surface area contributed by atoms with Crippen molar-refractivity contribution < 1.29 is 9.47 Å². The Morgan fingerprint density at radius 1 is 1.50 bits per heavy atom. The first kappa shape index (κ1) is 15.1. The average Bonchev–Trinajstić information content (AvgIpc) is 3.01. The van der Waals surface area contributed by atoms with Gasteiger partial charge >= 0.3 is 0 Å². The third kappa shape index (κ3) is 2.51. The monoisotopic (exact) mass is 298 g/mol. The Balaban J connectivity index is 1.96. The van der Waals surface area contributed by atoms with Gasteiger partial charge in [-0.15, -0.1) is 0 Å². The van der Waals surface area contributed by atoms with Crippen LogP contribution in [0.1, 0.15) is 37.3 Å². The standard InChI is InChI=1S/C18H22N2O2/c1-14(21-2)11-18(13-19)10-6-9-17-20(18)16(12-22-17)15-7-4-3-5-8-15/h3-5,7-8,16-17H,1,6,9-12H2,2H3/t16-,17+,18+/m0/s1. The number of rotatable bonds is 4. The lowest BCUT2D eigenvalue weighted by Crippen LogP contribution is -2.54. The smallest absolute Gasteiger partial charge is 0.118 e. The second kappa shape index (κ2) is 6.12. The number of nitrogens with zero attached hydrogens (tertiary/aromatic N) is 2. The van der Waals surface area contributed by atoms with Gasteiger partial charge in [-0.3, -0.25) is 0 Å². The maximum Gasteiger partial charge on any atom is 0.118 e. The number of ether oxygens (including phenoxy) is 2. The summed E-state index contributed by atoms with van der Waals surface area (Å²) >= 11 is 0. The van der Waals surface area contributed by atoms with Crippen molar-refractivity contribution in [2.45, 2.75) is 43.5 Å². The second-order valence-electron chi connectivity index (χ2n) is 6.08. The Labute approximate surface area is 131 Å². The van der Waals surface area contributed by atoms with Crippen molar-refractivity contribution >= 4 is 0 Å². The van der Waals surface area contributed by atoms with Crippen LogP contribution in [0, 0.1) is 11.3 Å². The minimum atomic E-state index is -0.590. The Hall–Kier alpha value is -1.83. The minimum Gasteiger partial charge on any atom is -0.502 e. The van der Waals surface area contributed by atoms with Crippen LogP contribution in [-0.2, 0) is 9.47 Å². The molecule has 0 spiro atoms. The van der Waals surface area contributed by atoms with E-state index in [1.807, 2.05) is 18.2 Å². The molecule has 2 aliphatic rings. The third-order valence-electron chi connectivity index (χ3n) is 4.80. The molecule has 0 saturated carbocycles. The highest BCUT2D eigenvalue weighted by Crippen LogP contribution is 2.46. The molecule has 4 heteroatoms. The number of fused-ring (bicyclic) bond motifs is 1. The lowest BCUT2D eigenvalue weighted by Gasteiger charge is -2.45. The molecule has 2 fully saturated rings. The van der Waals surface area contributed by atoms with Gasteiger partial charge in [0.2, 0.25) is 0 Å². The van der Waals surface area contributed by atoms with Crippen LogP contribution in [0.5, 0.6) is 0 Å². The lowest BCUT2D eigenvalue weighted by molar-refractivity contribution is -0.0549. The van der Waals surface area contributed by atoms with Crippen LogP contribution in [0.25, 0.3) is 0 Å². The van der Waals surface area contributed by atoms with E-state index in [0.717, 1.165) is 19.3 Å². The molecule has 2 aliphatic heterocycles. The fourth-order valence-corrected chi connectivity index (χ4v) is 3.72. The number of methoxy groups -OCH3 is 1. The van der Waals surface area contributed by atoms with Gasteiger partial charge in [-0.1, -0.05) is 36.9 Å². The summed E-state index contributed by atoms with van der Waals surface area (Å²) in [6.45, 7) is 4.57. The normalized spacial score (nSPS) is 31.3. The molecule has 0 aliphatic carbocycles. The number of hydrogen-bond acceptors (Lipinski definition) is 4. The van der Waals surface area contributed by atoms with Gasteiger partial charge in [0.15, 0.2) is 0 Å². The molecule has 0 N–H and O–H groups in total. The molecule has 0 amide bonds. The van der Waals surface area contributed by atoms with Crippen LogP contribution in [0.3, 0.4) is 0 Å². The van der Waals surface area contributed by atoms with E-state index in [1.165, 1.54) is 5.56 Å². The third-order valence-corrected chi connectivity index (χ3v) is 4.80. The molecule has 0 bridgehead atoms. The van der Waals surface area contributed by atoms with Gasteiger partial charge in [-0.2, -0.15) is 5.26 Å². The molecule has 2 heterocycles. The van der Waals surface area contributed by atoms with Crippen molar-refractivity contribution in [3.05, 3.63) is 48.2 Å². The summed E-state index contributed by atoms with van der Waals surface area (Å²) in [5, 5.41) is 9.95. The fraction of sp³-hybridized carbons (Fsp3) is 0.500. The summed E-state index contributed by atoms with van der Waals surface area (Å²) in [4.78, 5) is 2.26. The molecule has 3 rings (SSSR count). The second-order valence-corrected chi connectivity index (χ2v) is 6.08. The Morgan fingerprint density at radius 3 is 2.95 bits per heavy atom. The molecule has 22 heavy (non-hydrogen) atoms. The van der Waals surface area contributed by atoms with Crippen LogP contribution < -0.4 is 0 Å². The highest BCUT2D eigenvalue weighted by Gasteiger charge is 2.51. The molecule has 0 unspecified atom stereocenters. The largest absolute Gasteiger partial charge is 0.502 e. The minimum absolute atomic E-state index is 0.0169. The summed E-state index contributed by atoms with van der Waals surface area (Å²) < 4.78 is 11.3. The van der Waals surface area contributed by atoms with E-state index in [9.17, 15) is 5.26 Å². The zero-order valence-corrected chi connectivity index (χ0v) is 13.0. The summed E-state index contributed by atoms with van der Waals surface area (Å²) in [5.41, 5.74) is 0.613. The first-order valence-corrected chi connectivity index (χ1v) is 7.78. The molecule has 1 aromatic carbocycles. The Morgan fingerprint density at radius 2 is 2.27 bits per heavy atom. The van der Waals surface area contributed by atoms with E-state index >= 15 is 0 Å². The zero-order chi connectivity index (χ0) is 15.6. The molecule has 3 atom stereocenters. The van der Waals surface area contributed by atoms with E-state index in [-0.39, 0.29) is 12.3 Å². The van der Waals surface area contributed by atoms with E-state index in [2.05, 4.69) is 29.7 Å². The van der Waals surface area contributed by atoms with Crippen molar-refractivity contribution in [2.24, 2.45) is 0 Å². The SMILES string of the molecule is C=C(C[C@@]1(C#N)CCC[C@H]2OC[C@@H](c3ccccc3)N21)OC. The molecule has 2 saturated heterocycles. The van der Waals surface area contributed by atoms with Gasteiger partial charge in [0.1, 0.15) is 11.8 Å². The van der Waals surface area contributed by atoms with E-state index in [0.29, 0.717) is 18.8 Å². The maximum absolute atomic E-state index is 9.95. The van der Waals surface area contributed by atoms with Crippen LogP contribution in [0.15, 0.2) is 42.7 Å².